The lowest BCUT2D eigenvalue weighted by Crippen LogP contribution is -2.50. The number of nitrogens with zero attached hydrogens (tertiary/aromatic N) is 3. The number of aliphatic hydroxyl groups is 2. The first kappa shape index (κ1) is 25.3. The van der Waals surface area contributed by atoms with Gasteiger partial charge < -0.3 is 20.4 Å². The molecule has 8 nitrogen and oxygen atoms in total. The molecule has 9 heteroatoms. The molecular formula is C27H25ClN4O4. The zero-order valence-corrected chi connectivity index (χ0v) is 20.1. The summed E-state index contributed by atoms with van der Waals surface area (Å²) in [6.07, 6.45) is -0.807. The summed E-state index contributed by atoms with van der Waals surface area (Å²) < 4.78 is 0. The number of carbonyl (C=O) groups excluding carboxylic acids is 2. The number of amides is 2. The Hall–Kier alpha value is -3.77. The second-order valence-electron chi connectivity index (χ2n) is 8.55. The van der Waals surface area contributed by atoms with Crippen molar-refractivity contribution in [2.45, 2.75) is 37.6 Å². The average Bonchev–Trinajstić information content (AvgIpc) is 3.41. The lowest BCUT2D eigenvalue weighted by molar-refractivity contribution is -0.153. The number of rotatable bonds is 7. The van der Waals surface area contributed by atoms with Crippen LogP contribution < -0.4 is 5.32 Å². The molecule has 0 radical (unpaired) electrons. The van der Waals surface area contributed by atoms with Crippen molar-refractivity contribution in [3.63, 3.8) is 0 Å². The molecule has 1 aliphatic heterocycles. The number of nitrogens with one attached hydrogen (secondary N) is 1. The molecule has 0 saturated carbocycles. The topological polar surface area (TPSA) is 127 Å². The van der Waals surface area contributed by atoms with Crippen molar-refractivity contribution in [3.05, 3.63) is 88.7 Å². The van der Waals surface area contributed by atoms with Crippen molar-refractivity contribution < 1.29 is 19.8 Å². The molecule has 3 N–H and O–H groups in total. The molecule has 1 saturated heterocycles. The van der Waals surface area contributed by atoms with E-state index in [0.717, 1.165) is 23.1 Å². The zero-order valence-electron chi connectivity index (χ0n) is 19.3. The van der Waals surface area contributed by atoms with Gasteiger partial charge in [-0.15, -0.1) is 0 Å². The highest BCUT2D eigenvalue weighted by Gasteiger charge is 2.38. The van der Waals surface area contributed by atoms with E-state index < -0.39 is 24.0 Å². The van der Waals surface area contributed by atoms with E-state index in [2.05, 4.69) is 16.4 Å². The third-order valence-corrected chi connectivity index (χ3v) is 6.45. The Morgan fingerprint density at radius 2 is 1.94 bits per heavy atom. The Morgan fingerprint density at radius 3 is 2.67 bits per heavy atom. The first-order chi connectivity index (χ1) is 17.4. The lowest BCUT2D eigenvalue weighted by atomic mass is 10.0. The Bertz CT molecular complexity index is 1290. The summed E-state index contributed by atoms with van der Waals surface area (Å²) >= 11 is 6.08. The quantitative estimate of drug-likeness (QED) is 0.454. The fourth-order valence-electron chi connectivity index (χ4n) is 4.34. The van der Waals surface area contributed by atoms with Crippen LogP contribution in [0.3, 0.4) is 0 Å². The zero-order chi connectivity index (χ0) is 25.7. The number of carbonyl (C=O) groups is 2. The van der Waals surface area contributed by atoms with Crippen LogP contribution in [0.25, 0.3) is 11.1 Å². The second-order valence-corrected chi connectivity index (χ2v) is 8.98. The van der Waals surface area contributed by atoms with Gasteiger partial charge in [-0.05, 0) is 42.7 Å². The molecule has 1 fully saturated rings. The maximum atomic E-state index is 12.9. The summed E-state index contributed by atoms with van der Waals surface area (Å²) in [7, 11) is 0. The van der Waals surface area contributed by atoms with Gasteiger partial charge in [-0.2, -0.15) is 5.26 Å². The molecule has 0 unspecified atom stereocenters. The predicted molar refractivity (Wildman–Crippen MR) is 133 cm³/mol. The lowest BCUT2D eigenvalue weighted by Gasteiger charge is -2.28. The maximum absolute atomic E-state index is 12.9. The number of hydrogen-bond donors (Lipinski definition) is 3. The van der Waals surface area contributed by atoms with Crippen LogP contribution in [-0.4, -0.2) is 50.7 Å². The average molecular weight is 505 g/mol. The SMILES string of the molecule is N#Cc1ccccc1-c1ccc(CNC(=O)[C@H](O)[C@@H](O)C(=O)N2CCC[C@@H]2c2cccc(Cl)c2)nc1. The van der Waals surface area contributed by atoms with Crippen molar-refractivity contribution in [2.24, 2.45) is 0 Å². The van der Waals surface area contributed by atoms with E-state index in [1.807, 2.05) is 18.2 Å². The van der Waals surface area contributed by atoms with Crippen LogP contribution in [0, 0.1) is 11.3 Å². The normalized spacial score (nSPS) is 16.7. The Morgan fingerprint density at radius 1 is 1.14 bits per heavy atom. The molecule has 3 aromatic rings. The van der Waals surface area contributed by atoms with E-state index in [0.29, 0.717) is 29.2 Å². The van der Waals surface area contributed by atoms with E-state index in [4.69, 9.17) is 11.6 Å². The summed E-state index contributed by atoms with van der Waals surface area (Å²) in [4.78, 5) is 31.2. The number of likely N-dealkylation sites (tertiary alicyclic amines) is 1. The van der Waals surface area contributed by atoms with Crippen molar-refractivity contribution in [1.29, 1.82) is 5.26 Å². The minimum Gasteiger partial charge on any atom is -0.380 e. The van der Waals surface area contributed by atoms with Crippen LogP contribution in [-0.2, 0) is 16.1 Å². The molecule has 4 rings (SSSR count). The molecular weight excluding hydrogens is 480 g/mol. The summed E-state index contributed by atoms with van der Waals surface area (Å²) in [5, 5.41) is 33.2. The maximum Gasteiger partial charge on any atom is 0.255 e. The molecule has 184 valence electrons. The van der Waals surface area contributed by atoms with E-state index in [1.165, 1.54) is 4.90 Å². The van der Waals surface area contributed by atoms with E-state index >= 15 is 0 Å². The van der Waals surface area contributed by atoms with E-state index in [1.54, 1.807) is 48.7 Å². The van der Waals surface area contributed by atoms with E-state index in [-0.39, 0.29) is 12.6 Å². The second kappa shape index (κ2) is 11.3. The molecule has 0 spiro atoms. The number of hydrogen-bond acceptors (Lipinski definition) is 6. The van der Waals surface area contributed by atoms with Crippen LogP contribution in [0.4, 0.5) is 0 Å². The van der Waals surface area contributed by atoms with Gasteiger partial charge in [-0.25, -0.2) is 0 Å². The highest BCUT2D eigenvalue weighted by molar-refractivity contribution is 6.30. The summed E-state index contributed by atoms with van der Waals surface area (Å²) in [5.74, 6) is -1.59. The van der Waals surface area contributed by atoms with Crippen LogP contribution in [0.15, 0.2) is 66.9 Å². The standard InChI is InChI=1S/C27H25ClN4O4/c28-20-7-3-6-17(13-20)23-9-4-12-32(23)27(36)25(34)24(33)26(35)31-16-21-11-10-19(15-30-21)22-8-2-1-5-18(22)14-29/h1-3,5-8,10-11,13,15,23-25,33-34H,4,9,12,16H2,(H,31,35)/t23-,24-,25-/m1/s1. The van der Waals surface area contributed by atoms with Crippen LogP contribution >= 0.6 is 11.6 Å². The van der Waals surface area contributed by atoms with Gasteiger partial charge in [0, 0.05) is 28.9 Å². The summed E-state index contributed by atoms with van der Waals surface area (Å²) in [6, 6.07) is 19.6. The Balaban J connectivity index is 1.35. The van der Waals surface area contributed by atoms with Crippen molar-refractivity contribution in [1.82, 2.24) is 15.2 Å². The summed E-state index contributed by atoms with van der Waals surface area (Å²) in [6.45, 7) is 0.401. The molecule has 2 amide bonds. The fraction of sp³-hybridized carbons (Fsp3) is 0.259. The third-order valence-electron chi connectivity index (χ3n) is 6.22. The van der Waals surface area contributed by atoms with Crippen LogP contribution in [0.2, 0.25) is 5.02 Å². The number of benzene rings is 2. The minimum absolute atomic E-state index is 0.00810. The van der Waals surface area contributed by atoms with Gasteiger partial charge in [0.1, 0.15) is 0 Å². The summed E-state index contributed by atoms with van der Waals surface area (Å²) in [5.41, 5.74) is 3.38. The molecule has 2 heterocycles. The molecule has 3 atom stereocenters. The molecule has 1 aliphatic rings. The smallest absolute Gasteiger partial charge is 0.255 e. The van der Waals surface area contributed by atoms with Gasteiger partial charge in [0.25, 0.3) is 11.8 Å². The minimum atomic E-state index is -1.93. The first-order valence-electron chi connectivity index (χ1n) is 11.5. The van der Waals surface area contributed by atoms with Gasteiger partial charge in [0.05, 0.1) is 29.9 Å². The van der Waals surface area contributed by atoms with Crippen LogP contribution in [0.5, 0.6) is 0 Å². The van der Waals surface area contributed by atoms with Gasteiger partial charge in [0.15, 0.2) is 12.2 Å². The van der Waals surface area contributed by atoms with Gasteiger partial charge >= 0.3 is 0 Å². The molecule has 2 aromatic carbocycles. The van der Waals surface area contributed by atoms with Gasteiger partial charge in [-0.1, -0.05) is 48.0 Å². The fourth-order valence-corrected chi connectivity index (χ4v) is 4.54. The highest BCUT2D eigenvalue weighted by Crippen LogP contribution is 2.33. The predicted octanol–water partition coefficient (Wildman–Crippen LogP) is 2.98. The van der Waals surface area contributed by atoms with Crippen molar-refractivity contribution in [3.8, 4) is 17.2 Å². The molecule has 36 heavy (non-hydrogen) atoms. The number of aliphatic hydroxyl groups excluding tert-OH is 2. The largest absolute Gasteiger partial charge is 0.380 e. The Kier molecular flexibility index (Phi) is 7.96. The van der Waals surface area contributed by atoms with Crippen molar-refractivity contribution >= 4 is 23.4 Å². The third kappa shape index (κ3) is 5.55. The van der Waals surface area contributed by atoms with Crippen LogP contribution in [0.1, 0.15) is 35.7 Å². The first-order valence-corrected chi connectivity index (χ1v) is 11.9. The number of pyridine rings is 1. The molecule has 0 aliphatic carbocycles. The monoisotopic (exact) mass is 504 g/mol. The molecule has 1 aromatic heterocycles. The van der Waals surface area contributed by atoms with E-state index in [9.17, 15) is 25.1 Å². The van der Waals surface area contributed by atoms with Crippen molar-refractivity contribution in [2.75, 3.05) is 6.54 Å². The Labute approximate surface area is 213 Å². The van der Waals surface area contributed by atoms with Gasteiger partial charge in [0.2, 0.25) is 0 Å². The molecule has 0 bridgehead atoms. The number of nitriles is 1. The highest BCUT2D eigenvalue weighted by atomic mass is 35.5. The number of halogens is 1. The number of aromatic nitrogens is 1. The van der Waals surface area contributed by atoms with Gasteiger partial charge in [-0.3, -0.25) is 14.6 Å².